The highest BCUT2D eigenvalue weighted by molar-refractivity contribution is 6.14. The van der Waals surface area contributed by atoms with Crippen LogP contribution in [-0.4, -0.2) is 23.0 Å². The fraction of sp³-hybridized carbons (Fsp3) is 0.0625. The minimum atomic E-state index is -0.128. The molecule has 3 rings (SSSR count). The topological polar surface area (TPSA) is 82.4 Å². The number of nitrogens with one attached hydrogen (secondary N) is 1. The van der Waals surface area contributed by atoms with E-state index in [1.54, 1.807) is 54.5 Å². The number of phenols is 1. The van der Waals surface area contributed by atoms with Gasteiger partial charge in [0.25, 0.3) is 5.91 Å². The number of hydrogen-bond donors (Lipinski definition) is 3. The number of benzene rings is 2. The number of aromatic hydroxyl groups is 1. The van der Waals surface area contributed by atoms with Crippen LogP contribution in [-0.2, 0) is 0 Å². The molecule has 0 fully saturated rings. The lowest BCUT2D eigenvalue weighted by Gasteiger charge is -2.17. The van der Waals surface area contributed by atoms with Gasteiger partial charge in [-0.15, -0.1) is 0 Å². The second-order valence-electron chi connectivity index (χ2n) is 4.89. The number of H-pyrrole nitrogens is 1. The van der Waals surface area contributed by atoms with Crippen LogP contribution in [0, 0.1) is 0 Å². The Morgan fingerprint density at radius 1 is 1.19 bits per heavy atom. The summed E-state index contributed by atoms with van der Waals surface area (Å²) in [7, 11) is 1.70. The van der Waals surface area contributed by atoms with Gasteiger partial charge in [-0.1, -0.05) is 0 Å². The fourth-order valence-electron chi connectivity index (χ4n) is 2.29. The van der Waals surface area contributed by atoms with E-state index >= 15 is 0 Å². The quantitative estimate of drug-likeness (QED) is 0.632. The first-order chi connectivity index (χ1) is 10.1. The van der Waals surface area contributed by atoms with E-state index in [9.17, 15) is 9.90 Å². The van der Waals surface area contributed by atoms with Gasteiger partial charge in [0, 0.05) is 35.5 Å². The van der Waals surface area contributed by atoms with E-state index in [2.05, 4.69) is 4.98 Å². The number of aromatic amines is 1. The zero-order chi connectivity index (χ0) is 15.0. The highest BCUT2D eigenvalue weighted by atomic mass is 16.3. The molecule has 5 heteroatoms. The first-order valence-corrected chi connectivity index (χ1v) is 6.50. The first kappa shape index (κ1) is 13.1. The fourth-order valence-corrected chi connectivity index (χ4v) is 2.29. The smallest absolute Gasteiger partial charge is 0.260 e. The standard InChI is InChI=1S/C16H15N3O2/c1-19(11-3-5-12(20)6-4-11)16(21)14-9-18-15-8-10(17)2-7-13(14)15/h2-9,18,20H,17H2,1H3. The molecule has 2 aromatic carbocycles. The number of rotatable bonds is 2. The average Bonchev–Trinajstić information content (AvgIpc) is 2.89. The molecule has 0 saturated carbocycles. The van der Waals surface area contributed by atoms with Crippen molar-refractivity contribution in [1.82, 2.24) is 4.98 Å². The number of carbonyl (C=O) groups is 1. The van der Waals surface area contributed by atoms with Gasteiger partial charge in [-0.25, -0.2) is 0 Å². The van der Waals surface area contributed by atoms with E-state index in [-0.39, 0.29) is 11.7 Å². The van der Waals surface area contributed by atoms with E-state index in [1.165, 1.54) is 0 Å². The summed E-state index contributed by atoms with van der Waals surface area (Å²) in [5, 5.41) is 10.1. The molecule has 0 aliphatic carbocycles. The van der Waals surface area contributed by atoms with Crippen molar-refractivity contribution in [3.8, 4) is 5.75 Å². The van der Waals surface area contributed by atoms with Crippen molar-refractivity contribution in [1.29, 1.82) is 0 Å². The van der Waals surface area contributed by atoms with Crippen molar-refractivity contribution in [2.45, 2.75) is 0 Å². The Bertz CT molecular complexity index is 806. The van der Waals surface area contributed by atoms with E-state index in [4.69, 9.17) is 5.73 Å². The van der Waals surface area contributed by atoms with E-state index in [0.29, 0.717) is 16.9 Å². The molecule has 0 atom stereocenters. The van der Waals surface area contributed by atoms with Crippen LogP contribution in [0.1, 0.15) is 10.4 Å². The summed E-state index contributed by atoms with van der Waals surface area (Å²) in [6, 6.07) is 11.9. The first-order valence-electron chi connectivity index (χ1n) is 6.50. The highest BCUT2D eigenvalue weighted by Gasteiger charge is 2.17. The molecule has 21 heavy (non-hydrogen) atoms. The lowest BCUT2D eigenvalue weighted by atomic mass is 10.1. The maximum atomic E-state index is 12.6. The van der Waals surface area contributed by atoms with Gasteiger partial charge in [0.05, 0.1) is 5.56 Å². The van der Waals surface area contributed by atoms with Gasteiger partial charge in [0.2, 0.25) is 0 Å². The number of fused-ring (bicyclic) bond motifs is 1. The Morgan fingerprint density at radius 2 is 1.90 bits per heavy atom. The van der Waals surface area contributed by atoms with E-state index < -0.39 is 0 Å². The van der Waals surface area contributed by atoms with Crippen LogP contribution in [0.15, 0.2) is 48.7 Å². The second-order valence-corrected chi connectivity index (χ2v) is 4.89. The van der Waals surface area contributed by atoms with Crippen LogP contribution < -0.4 is 10.6 Å². The van der Waals surface area contributed by atoms with Gasteiger partial charge in [0.1, 0.15) is 5.75 Å². The zero-order valence-electron chi connectivity index (χ0n) is 11.5. The number of nitrogens with two attached hydrogens (primary N) is 1. The van der Waals surface area contributed by atoms with Gasteiger partial charge in [-0.05, 0) is 42.5 Å². The minimum Gasteiger partial charge on any atom is -0.508 e. The summed E-state index contributed by atoms with van der Waals surface area (Å²) in [5.41, 5.74) is 8.51. The summed E-state index contributed by atoms with van der Waals surface area (Å²) in [4.78, 5) is 17.2. The van der Waals surface area contributed by atoms with Crippen molar-refractivity contribution in [2.75, 3.05) is 17.7 Å². The van der Waals surface area contributed by atoms with Gasteiger partial charge in [-0.3, -0.25) is 4.79 Å². The third kappa shape index (κ3) is 2.29. The van der Waals surface area contributed by atoms with Crippen LogP contribution in [0.5, 0.6) is 5.75 Å². The summed E-state index contributed by atoms with van der Waals surface area (Å²) in [6.45, 7) is 0. The predicted molar refractivity (Wildman–Crippen MR) is 83.6 cm³/mol. The van der Waals surface area contributed by atoms with Crippen molar-refractivity contribution in [3.05, 3.63) is 54.2 Å². The number of hydrogen-bond acceptors (Lipinski definition) is 3. The van der Waals surface area contributed by atoms with Crippen molar-refractivity contribution < 1.29 is 9.90 Å². The van der Waals surface area contributed by atoms with Gasteiger partial charge >= 0.3 is 0 Å². The van der Waals surface area contributed by atoms with Gasteiger partial charge in [-0.2, -0.15) is 0 Å². The van der Waals surface area contributed by atoms with Crippen molar-refractivity contribution in [2.24, 2.45) is 0 Å². The zero-order valence-corrected chi connectivity index (χ0v) is 11.5. The third-order valence-electron chi connectivity index (χ3n) is 3.48. The number of nitrogen functional groups attached to an aromatic ring is 1. The molecule has 1 amide bonds. The molecule has 1 heterocycles. The Kier molecular flexibility index (Phi) is 3.02. The van der Waals surface area contributed by atoms with Gasteiger partial charge < -0.3 is 20.7 Å². The molecular weight excluding hydrogens is 266 g/mol. The molecule has 0 spiro atoms. The Labute approximate surface area is 121 Å². The minimum absolute atomic E-state index is 0.128. The normalized spacial score (nSPS) is 10.7. The predicted octanol–water partition coefficient (Wildman–Crippen LogP) is 2.73. The number of nitrogens with zero attached hydrogens (tertiary/aromatic N) is 1. The Hall–Kier alpha value is -2.95. The lowest BCUT2D eigenvalue weighted by molar-refractivity contribution is 0.0994. The average molecular weight is 281 g/mol. The molecule has 0 unspecified atom stereocenters. The van der Waals surface area contributed by atoms with Crippen LogP contribution >= 0.6 is 0 Å². The van der Waals surface area contributed by atoms with Crippen molar-refractivity contribution in [3.63, 3.8) is 0 Å². The van der Waals surface area contributed by atoms with Crippen LogP contribution in [0.25, 0.3) is 10.9 Å². The van der Waals surface area contributed by atoms with Crippen LogP contribution in [0.2, 0.25) is 0 Å². The van der Waals surface area contributed by atoms with E-state index in [1.807, 2.05) is 6.07 Å². The molecule has 0 aliphatic heterocycles. The molecule has 0 aliphatic rings. The molecule has 106 valence electrons. The monoisotopic (exact) mass is 281 g/mol. The number of aromatic nitrogens is 1. The molecule has 1 aromatic heterocycles. The molecule has 5 nitrogen and oxygen atoms in total. The van der Waals surface area contributed by atoms with Crippen LogP contribution in [0.4, 0.5) is 11.4 Å². The number of amides is 1. The highest BCUT2D eigenvalue weighted by Crippen LogP contribution is 2.24. The summed E-state index contributed by atoms with van der Waals surface area (Å²) < 4.78 is 0. The molecule has 4 N–H and O–H groups in total. The number of anilines is 2. The Morgan fingerprint density at radius 3 is 2.62 bits per heavy atom. The van der Waals surface area contributed by atoms with E-state index in [0.717, 1.165) is 10.9 Å². The molecule has 0 radical (unpaired) electrons. The SMILES string of the molecule is CN(C(=O)c1c[nH]c2cc(N)ccc12)c1ccc(O)cc1. The largest absolute Gasteiger partial charge is 0.508 e. The summed E-state index contributed by atoms with van der Waals surface area (Å²) >= 11 is 0. The number of carbonyl (C=O) groups excluding carboxylic acids is 1. The third-order valence-corrected chi connectivity index (χ3v) is 3.48. The second kappa shape index (κ2) is 4.86. The molecule has 0 saturated heterocycles. The van der Waals surface area contributed by atoms with Crippen molar-refractivity contribution >= 4 is 28.2 Å². The van der Waals surface area contributed by atoms with Crippen LogP contribution in [0.3, 0.4) is 0 Å². The Balaban J connectivity index is 1.98. The molecule has 0 bridgehead atoms. The lowest BCUT2D eigenvalue weighted by Crippen LogP contribution is -2.25. The summed E-state index contributed by atoms with van der Waals surface area (Å²) in [6.07, 6.45) is 1.68. The van der Waals surface area contributed by atoms with Gasteiger partial charge in [0.15, 0.2) is 0 Å². The maximum Gasteiger partial charge on any atom is 0.260 e. The molecular formula is C16H15N3O2. The summed E-state index contributed by atoms with van der Waals surface area (Å²) in [5.74, 6) is 0.0406. The maximum absolute atomic E-state index is 12.6. The molecule has 3 aromatic rings. The number of phenolic OH excluding ortho intramolecular Hbond substituents is 1.